The lowest BCUT2D eigenvalue weighted by Crippen LogP contribution is -2.60. The van der Waals surface area contributed by atoms with E-state index in [1.54, 1.807) is 5.56 Å². The van der Waals surface area contributed by atoms with E-state index in [0.29, 0.717) is 11.8 Å². The minimum absolute atomic E-state index is 0.0425. The number of rotatable bonds is 7. The Labute approximate surface area is 230 Å². The highest BCUT2D eigenvalue weighted by Gasteiger charge is 2.62. The Bertz CT molecular complexity index is 1130. The van der Waals surface area contributed by atoms with Crippen LogP contribution < -0.4 is 0 Å². The highest BCUT2D eigenvalue weighted by Crippen LogP contribution is 2.64. The molecule has 4 aromatic rings. The van der Waals surface area contributed by atoms with Crippen molar-refractivity contribution >= 4 is 0 Å². The zero-order valence-corrected chi connectivity index (χ0v) is 22.8. The zero-order chi connectivity index (χ0) is 25.7. The second-order valence-electron chi connectivity index (χ2n) is 11.8. The molecule has 4 aromatic carbocycles. The molecule has 194 valence electrons. The van der Waals surface area contributed by atoms with Gasteiger partial charge in [-0.15, -0.1) is 0 Å². The monoisotopic (exact) mass is 498 g/mol. The number of benzene rings is 4. The molecule has 2 aliphatic carbocycles. The topological polar surface area (TPSA) is 0 Å². The van der Waals surface area contributed by atoms with Crippen LogP contribution in [0.4, 0.5) is 0 Å². The van der Waals surface area contributed by atoms with E-state index in [-0.39, 0.29) is 10.8 Å². The summed E-state index contributed by atoms with van der Waals surface area (Å²) in [6.07, 6.45) is 13.4. The first-order valence-corrected chi connectivity index (χ1v) is 15.1. The van der Waals surface area contributed by atoms with Crippen molar-refractivity contribution in [2.75, 3.05) is 0 Å². The van der Waals surface area contributed by atoms with Gasteiger partial charge < -0.3 is 0 Å². The largest absolute Gasteiger partial charge is 0.0622 e. The van der Waals surface area contributed by atoms with Gasteiger partial charge in [0.05, 0.1) is 5.41 Å². The van der Waals surface area contributed by atoms with Crippen LogP contribution >= 0.6 is 0 Å². The molecule has 2 fully saturated rings. The molecule has 0 bridgehead atoms. The predicted molar refractivity (Wildman–Crippen MR) is 160 cm³/mol. The summed E-state index contributed by atoms with van der Waals surface area (Å²) in [5, 5.41) is 0. The molecule has 0 spiro atoms. The van der Waals surface area contributed by atoms with Crippen molar-refractivity contribution in [3.63, 3.8) is 0 Å². The summed E-state index contributed by atoms with van der Waals surface area (Å²) in [6.45, 7) is 0. The molecule has 0 amide bonds. The van der Waals surface area contributed by atoms with E-state index in [4.69, 9.17) is 0 Å². The molecule has 0 heterocycles. The van der Waals surface area contributed by atoms with E-state index in [9.17, 15) is 0 Å². The van der Waals surface area contributed by atoms with Gasteiger partial charge in [0.1, 0.15) is 0 Å². The van der Waals surface area contributed by atoms with E-state index in [1.807, 2.05) is 0 Å². The van der Waals surface area contributed by atoms with Crippen molar-refractivity contribution in [1.82, 2.24) is 0 Å². The van der Waals surface area contributed by atoms with Gasteiger partial charge in [-0.1, -0.05) is 160 Å². The SMILES string of the molecule is c1ccc(C(c2ccccc2)(c2ccccc2)C(c2ccccc2)(C2CCCCC2)C2CCCCC2)cc1. The zero-order valence-electron chi connectivity index (χ0n) is 22.8. The summed E-state index contributed by atoms with van der Waals surface area (Å²) < 4.78 is 0. The fourth-order valence-corrected chi connectivity index (χ4v) is 8.74. The summed E-state index contributed by atoms with van der Waals surface area (Å²) in [5.41, 5.74) is 5.55. The van der Waals surface area contributed by atoms with Gasteiger partial charge in [-0.05, 0) is 59.8 Å². The first-order valence-electron chi connectivity index (χ1n) is 15.1. The van der Waals surface area contributed by atoms with E-state index in [0.717, 1.165) is 0 Å². The van der Waals surface area contributed by atoms with Crippen LogP contribution in [0.2, 0.25) is 0 Å². The van der Waals surface area contributed by atoms with Gasteiger partial charge in [0.15, 0.2) is 0 Å². The fraction of sp³-hybridized carbons (Fsp3) is 0.368. The quantitative estimate of drug-likeness (QED) is 0.222. The molecule has 0 atom stereocenters. The molecular weight excluding hydrogens is 456 g/mol. The molecule has 0 aromatic heterocycles. The third kappa shape index (κ3) is 4.14. The molecule has 0 aliphatic heterocycles. The predicted octanol–water partition coefficient (Wildman–Crippen LogP) is 10.1. The summed E-state index contributed by atoms with van der Waals surface area (Å²) in [5.74, 6) is 1.25. The molecule has 0 saturated heterocycles. The van der Waals surface area contributed by atoms with Gasteiger partial charge in [-0.2, -0.15) is 0 Å². The van der Waals surface area contributed by atoms with Gasteiger partial charge in [0.2, 0.25) is 0 Å². The van der Waals surface area contributed by atoms with Crippen molar-refractivity contribution < 1.29 is 0 Å². The third-order valence-corrected chi connectivity index (χ3v) is 9.99. The van der Waals surface area contributed by atoms with Crippen LogP contribution in [-0.4, -0.2) is 0 Å². The van der Waals surface area contributed by atoms with Crippen LogP contribution in [0.3, 0.4) is 0 Å². The Hall–Kier alpha value is -3.12. The Morgan fingerprint density at radius 3 is 0.947 bits per heavy atom. The van der Waals surface area contributed by atoms with Crippen molar-refractivity contribution in [2.45, 2.75) is 75.0 Å². The fourth-order valence-electron chi connectivity index (χ4n) is 8.74. The summed E-state index contributed by atoms with van der Waals surface area (Å²) >= 11 is 0. The van der Waals surface area contributed by atoms with Gasteiger partial charge >= 0.3 is 0 Å². The summed E-state index contributed by atoms with van der Waals surface area (Å²) in [7, 11) is 0. The number of hydrogen-bond donors (Lipinski definition) is 0. The normalized spacial score (nSPS) is 17.8. The summed E-state index contributed by atoms with van der Waals surface area (Å²) in [4.78, 5) is 0. The standard InChI is InChI=1S/C38H42/c1-7-19-31(20-8-1)37(32-21-9-2-10-22-32,33-23-11-3-12-24-33)38(34-25-13-4-14-26-34,35-27-15-5-16-28-35)36-29-17-6-18-30-36/h1-4,7-14,19-26,35-36H,5-6,15-18,27-30H2. The molecule has 6 rings (SSSR count). The Morgan fingerprint density at radius 2 is 0.632 bits per heavy atom. The first-order chi connectivity index (χ1) is 18.9. The highest BCUT2D eigenvalue weighted by atomic mass is 14.6. The van der Waals surface area contributed by atoms with Crippen LogP contribution in [0, 0.1) is 11.8 Å². The van der Waals surface area contributed by atoms with Crippen molar-refractivity contribution in [1.29, 1.82) is 0 Å². The maximum absolute atomic E-state index is 2.49. The average molecular weight is 499 g/mol. The minimum Gasteiger partial charge on any atom is -0.0622 e. The second kappa shape index (κ2) is 11.3. The third-order valence-electron chi connectivity index (χ3n) is 9.99. The molecule has 0 radical (unpaired) electrons. The summed E-state index contributed by atoms with van der Waals surface area (Å²) in [6, 6.07) is 46.6. The average Bonchev–Trinajstić information content (AvgIpc) is 3.02. The Kier molecular flexibility index (Phi) is 7.50. The molecule has 2 aliphatic rings. The minimum atomic E-state index is -0.290. The van der Waals surface area contributed by atoms with Crippen molar-refractivity contribution in [3.8, 4) is 0 Å². The van der Waals surface area contributed by atoms with E-state index < -0.39 is 0 Å². The highest BCUT2D eigenvalue weighted by molar-refractivity contribution is 5.59. The molecule has 2 saturated carbocycles. The second-order valence-corrected chi connectivity index (χ2v) is 11.8. The molecule has 0 N–H and O–H groups in total. The lowest BCUT2D eigenvalue weighted by Gasteiger charge is -2.61. The maximum Gasteiger partial charge on any atom is 0.0552 e. The van der Waals surface area contributed by atoms with Gasteiger partial charge in [0, 0.05) is 5.41 Å². The molecule has 0 heteroatoms. The van der Waals surface area contributed by atoms with Crippen molar-refractivity contribution in [3.05, 3.63) is 144 Å². The van der Waals surface area contributed by atoms with Crippen LogP contribution in [0.25, 0.3) is 0 Å². The number of hydrogen-bond acceptors (Lipinski definition) is 0. The van der Waals surface area contributed by atoms with Crippen LogP contribution in [0.5, 0.6) is 0 Å². The Balaban J connectivity index is 1.81. The first kappa shape index (κ1) is 25.2. The van der Waals surface area contributed by atoms with Crippen LogP contribution in [-0.2, 0) is 10.8 Å². The molecule has 0 unspecified atom stereocenters. The smallest absolute Gasteiger partial charge is 0.0552 e. The van der Waals surface area contributed by atoms with E-state index in [2.05, 4.69) is 121 Å². The van der Waals surface area contributed by atoms with Crippen LogP contribution in [0.15, 0.2) is 121 Å². The van der Waals surface area contributed by atoms with Gasteiger partial charge in [-0.25, -0.2) is 0 Å². The van der Waals surface area contributed by atoms with E-state index >= 15 is 0 Å². The van der Waals surface area contributed by atoms with Crippen LogP contribution in [0.1, 0.15) is 86.5 Å². The van der Waals surface area contributed by atoms with E-state index in [1.165, 1.54) is 80.9 Å². The van der Waals surface area contributed by atoms with Gasteiger partial charge in [0.25, 0.3) is 0 Å². The van der Waals surface area contributed by atoms with Crippen molar-refractivity contribution in [2.24, 2.45) is 11.8 Å². The lowest BCUT2D eigenvalue weighted by atomic mass is 9.41. The van der Waals surface area contributed by atoms with Gasteiger partial charge in [-0.3, -0.25) is 0 Å². The Morgan fingerprint density at radius 1 is 0.342 bits per heavy atom. The molecule has 38 heavy (non-hydrogen) atoms. The lowest BCUT2D eigenvalue weighted by molar-refractivity contribution is 0.0521. The maximum atomic E-state index is 2.49. The molecule has 0 nitrogen and oxygen atoms in total. The molecular formula is C38H42.